The number of carbonyl (C=O) groups excluding carboxylic acids is 2. The molecule has 4 aromatic carbocycles. The molecule has 3 N–H and O–H groups in total. The van der Waals surface area contributed by atoms with Crippen LogP contribution in [0, 0.1) is 0 Å². The van der Waals surface area contributed by atoms with E-state index in [0.717, 1.165) is 16.5 Å². The van der Waals surface area contributed by atoms with Crippen molar-refractivity contribution in [1.82, 2.24) is 5.32 Å². The first kappa shape index (κ1) is 26.8. The van der Waals surface area contributed by atoms with Crippen LogP contribution in [0.15, 0.2) is 101 Å². The largest absolute Gasteiger partial charge is 0.508 e. The van der Waals surface area contributed by atoms with Gasteiger partial charge in [-0.2, -0.15) is 0 Å². The summed E-state index contributed by atoms with van der Waals surface area (Å²) in [6.45, 7) is 0.721. The molecule has 0 fully saturated rings. The Morgan fingerprint density at radius 1 is 0.825 bits per heavy atom. The van der Waals surface area contributed by atoms with Crippen LogP contribution in [0.2, 0.25) is 5.02 Å². The number of furan rings is 1. The van der Waals surface area contributed by atoms with Crippen molar-refractivity contribution in [3.8, 4) is 11.5 Å². The summed E-state index contributed by atoms with van der Waals surface area (Å²) in [6.07, 6.45) is 1.20. The Morgan fingerprint density at radius 3 is 2.45 bits per heavy atom. The van der Waals surface area contributed by atoms with Crippen molar-refractivity contribution in [3.05, 3.63) is 125 Å². The molecule has 8 heteroatoms. The average Bonchev–Trinajstić information content (AvgIpc) is 3.40. The molecule has 5 rings (SSSR count). The quantitative estimate of drug-likeness (QED) is 0.180. The maximum Gasteiger partial charge on any atom is 0.291 e. The van der Waals surface area contributed by atoms with Gasteiger partial charge in [-0.05, 0) is 72.1 Å². The van der Waals surface area contributed by atoms with Crippen molar-refractivity contribution in [2.24, 2.45) is 0 Å². The maximum atomic E-state index is 13.0. The summed E-state index contributed by atoms with van der Waals surface area (Å²) in [6, 6.07) is 28.3. The van der Waals surface area contributed by atoms with Gasteiger partial charge in [-0.1, -0.05) is 54.1 Å². The molecular formula is C32H27ClN2O5. The minimum atomic E-state index is -0.432. The highest BCUT2D eigenvalue weighted by molar-refractivity contribution is 6.30. The lowest BCUT2D eigenvalue weighted by molar-refractivity contribution is 0.0953. The molecule has 7 nitrogen and oxygen atoms in total. The van der Waals surface area contributed by atoms with Gasteiger partial charge in [0.25, 0.3) is 11.8 Å². The minimum Gasteiger partial charge on any atom is -0.508 e. The molecule has 0 bridgehead atoms. The molecule has 0 aliphatic carbocycles. The number of phenols is 1. The van der Waals surface area contributed by atoms with E-state index in [4.69, 9.17) is 20.8 Å². The Morgan fingerprint density at radius 2 is 1.65 bits per heavy atom. The zero-order chi connectivity index (χ0) is 27.9. The molecule has 40 heavy (non-hydrogen) atoms. The summed E-state index contributed by atoms with van der Waals surface area (Å²) in [4.78, 5) is 25.9. The van der Waals surface area contributed by atoms with Crippen LogP contribution >= 0.6 is 11.6 Å². The summed E-state index contributed by atoms with van der Waals surface area (Å²) in [5.41, 5.74) is 3.41. The summed E-state index contributed by atoms with van der Waals surface area (Å²) in [7, 11) is 0. The van der Waals surface area contributed by atoms with Crippen LogP contribution in [0.25, 0.3) is 11.0 Å². The van der Waals surface area contributed by atoms with Gasteiger partial charge in [-0.25, -0.2) is 0 Å². The number of hydrogen-bond acceptors (Lipinski definition) is 5. The van der Waals surface area contributed by atoms with E-state index in [2.05, 4.69) is 10.6 Å². The van der Waals surface area contributed by atoms with Crippen molar-refractivity contribution in [2.45, 2.75) is 12.8 Å². The van der Waals surface area contributed by atoms with Crippen molar-refractivity contribution < 1.29 is 23.8 Å². The van der Waals surface area contributed by atoms with Gasteiger partial charge >= 0.3 is 0 Å². The van der Waals surface area contributed by atoms with Crippen LogP contribution in [0.1, 0.15) is 32.0 Å². The third-order valence-corrected chi connectivity index (χ3v) is 6.55. The molecule has 5 aromatic rings. The Balaban J connectivity index is 1.30. The Kier molecular flexibility index (Phi) is 8.32. The van der Waals surface area contributed by atoms with E-state index in [0.29, 0.717) is 47.0 Å². The van der Waals surface area contributed by atoms with Gasteiger partial charge in [0.1, 0.15) is 17.1 Å². The van der Waals surface area contributed by atoms with E-state index in [1.807, 2.05) is 48.5 Å². The molecule has 0 atom stereocenters. The second-order valence-electron chi connectivity index (χ2n) is 9.21. The number of amides is 2. The molecule has 0 aliphatic heterocycles. The number of anilines is 1. The van der Waals surface area contributed by atoms with Gasteiger partial charge in [0.2, 0.25) is 0 Å². The van der Waals surface area contributed by atoms with Crippen molar-refractivity contribution >= 4 is 40.1 Å². The van der Waals surface area contributed by atoms with Gasteiger partial charge in [0.15, 0.2) is 5.76 Å². The molecule has 0 aliphatic rings. The van der Waals surface area contributed by atoms with E-state index in [9.17, 15) is 14.7 Å². The lowest BCUT2D eigenvalue weighted by Gasteiger charge is -2.14. The van der Waals surface area contributed by atoms with Crippen molar-refractivity contribution in [1.29, 1.82) is 0 Å². The Hall–Kier alpha value is -4.75. The van der Waals surface area contributed by atoms with Crippen LogP contribution in [0.3, 0.4) is 0 Å². The van der Waals surface area contributed by atoms with Crippen LogP contribution in [-0.4, -0.2) is 30.1 Å². The normalized spacial score (nSPS) is 10.8. The van der Waals surface area contributed by atoms with Gasteiger partial charge in [-0.3, -0.25) is 9.59 Å². The lowest BCUT2D eigenvalue weighted by atomic mass is 10.1. The molecular weight excluding hydrogens is 528 g/mol. The molecule has 2 amide bonds. The molecule has 0 saturated heterocycles. The van der Waals surface area contributed by atoms with Gasteiger partial charge in [0, 0.05) is 28.9 Å². The molecule has 0 saturated carbocycles. The monoisotopic (exact) mass is 554 g/mol. The second kappa shape index (κ2) is 12.4. The summed E-state index contributed by atoms with van der Waals surface area (Å²) in [5.74, 6) is 0.0121. The molecule has 202 valence electrons. The zero-order valence-corrected chi connectivity index (χ0v) is 22.3. The highest BCUT2D eigenvalue weighted by Gasteiger charge is 2.17. The van der Waals surface area contributed by atoms with Gasteiger partial charge in [0.05, 0.1) is 12.3 Å². The number of benzene rings is 4. The maximum absolute atomic E-state index is 13.0. The molecule has 1 aromatic heterocycles. The van der Waals surface area contributed by atoms with Crippen molar-refractivity contribution in [2.75, 3.05) is 18.5 Å². The van der Waals surface area contributed by atoms with E-state index >= 15 is 0 Å². The first-order chi connectivity index (χ1) is 19.4. The SMILES string of the molecule is O=C(NCCc1cccc(Cl)c1)c1ccc(NC(=O)c2cc3ccccc3o2)c(OCCc2ccc(O)cc2)c1. The third kappa shape index (κ3) is 6.81. The van der Waals surface area contributed by atoms with Crippen LogP contribution in [0.4, 0.5) is 5.69 Å². The number of phenolic OH excluding ortho intramolecular Hbond substituents is 1. The topological polar surface area (TPSA) is 101 Å². The first-order valence-corrected chi connectivity index (χ1v) is 13.2. The fourth-order valence-electron chi connectivity index (χ4n) is 4.22. The second-order valence-corrected chi connectivity index (χ2v) is 9.65. The fourth-order valence-corrected chi connectivity index (χ4v) is 4.43. The molecule has 0 unspecified atom stereocenters. The van der Waals surface area contributed by atoms with Crippen LogP contribution in [0.5, 0.6) is 11.5 Å². The van der Waals surface area contributed by atoms with E-state index < -0.39 is 5.91 Å². The Bertz CT molecular complexity index is 1610. The minimum absolute atomic E-state index is 0.166. The highest BCUT2D eigenvalue weighted by Crippen LogP contribution is 2.28. The third-order valence-electron chi connectivity index (χ3n) is 6.31. The summed E-state index contributed by atoms with van der Waals surface area (Å²) < 4.78 is 11.7. The van der Waals surface area contributed by atoms with Crippen LogP contribution in [-0.2, 0) is 12.8 Å². The number of ether oxygens (including phenoxy) is 1. The lowest BCUT2D eigenvalue weighted by Crippen LogP contribution is -2.25. The smallest absolute Gasteiger partial charge is 0.291 e. The van der Waals surface area contributed by atoms with Crippen molar-refractivity contribution in [3.63, 3.8) is 0 Å². The number of rotatable bonds is 10. The number of para-hydroxylation sites is 1. The standard InChI is InChI=1S/C32H27ClN2O5/c33-25-6-3-4-22(18-25)14-16-34-31(37)24-10-13-27(29(20-24)39-17-15-21-8-11-26(36)12-9-21)35-32(38)30-19-23-5-1-2-7-28(23)40-30/h1-13,18-20,36H,14-17H2,(H,34,37)(H,35,38). The van der Waals surface area contributed by atoms with E-state index in [-0.39, 0.29) is 24.0 Å². The van der Waals surface area contributed by atoms with Gasteiger partial charge in [-0.15, -0.1) is 0 Å². The molecule has 0 radical (unpaired) electrons. The molecule has 0 spiro atoms. The fraction of sp³-hybridized carbons (Fsp3) is 0.125. The van der Waals surface area contributed by atoms with Gasteiger partial charge < -0.3 is 24.9 Å². The number of fused-ring (bicyclic) bond motifs is 1. The Labute approximate surface area is 236 Å². The highest BCUT2D eigenvalue weighted by atomic mass is 35.5. The number of carbonyl (C=O) groups is 2. The first-order valence-electron chi connectivity index (χ1n) is 12.8. The van der Waals surface area contributed by atoms with E-state index in [1.54, 1.807) is 48.5 Å². The number of nitrogens with one attached hydrogen (secondary N) is 2. The zero-order valence-electron chi connectivity index (χ0n) is 21.5. The predicted molar refractivity (Wildman–Crippen MR) is 155 cm³/mol. The van der Waals surface area contributed by atoms with E-state index in [1.165, 1.54) is 0 Å². The predicted octanol–water partition coefficient (Wildman–Crippen LogP) is 6.64. The van der Waals surface area contributed by atoms with Crippen LogP contribution < -0.4 is 15.4 Å². The molecule has 1 heterocycles. The average molecular weight is 555 g/mol. The summed E-state index contributed by atoms with van der Waals surface area (Å²) >= 11 is 6.05. The number of hydrogen-bond donors (Lipinski definition) is 3. The number of aromatic hydroxyl groups is 1. The number of halogens is 1. The summed E-state index contributed by atoms with van der Waals surface area (Å²) in [5, 5.41) is 16.8.